The molecule has 3 nitrogen and oxygen atoms in total. The van der Waals surface area contributed by atoms with Gasteiger partial charge in [-0.05, 0) is 39.0 Å². The SMILES string of the molecule is CCCCCCCCC/C=C/CCCCC1N=CC[N+]1(CC)CCO. The maximum Gasteiger partial charge on any atom is 0.182 e. The number of aliphatic imine (C=N–C) groups is 1. The van der Waals surface area contributed by atoms with Crippen LogP contribution in [0, 0.1) is 0 Å². The molecule has 0 aliphatic carbocycles. The molecule has 0 saturated carbocycles. The second-order valence-corrected chi connectivity index (χ2v) is 7.64. The summed E-state index contributed by atoms with van der Waals surface area (Å²) in [6.07, 6.45) is 23.1. The summed E-state index contributed by atoms with van der Waals surface area (Å²) in [4.78, 5) is 4.69. The molecule has 0 radical (unpaired) electrons. The first-order chi connectivity index (χ1) is 12.3. The lowest BCUT2D eigenvalue weighted by Crippen LogP contribution is -2.53. The van der Waals surface area contributed by atoms with Crippen LogP contribution < -0.4 is 0 Å². The fourth-order valence-electron chi connectivity index (χ4n) is 3.92. The average Bonchev–Trinajstić information content (AvgIpc) is 3.02. The largest absolute Gasteiger partial charge is 0.391 e. The van der Waals surface area contributed by atoms with Crippen LogP contribution in [-0.4, -0.2) is 48.2 Å². The first-order valence-corrected chi connectivity index (χ1v) is 10.9. The molecule has 0 spiro atoms. The zero-order chi connectivity index (χ0) is 18.2. The fourth-order valence-corrected chi connectivity index (χ4v) is 3.92. The lowest BCUT2D eigenvalue weighted by atomic mass is 10.1. The van der Waals surface area contributed by atoms with Crippen molar-refractivity contribution in [3.05, 3.63) is 12.2 Å². The Labute approximate surface area is 156 Å². The predicted molar refractivity (Wildman–Crippen MR) is 110 cm³/mol. The highest BCUT2D eigenvalue weighted by atomic mass is 16.3. The van der Waals surface area contributed by atoms with Crippen LogP contribution in [0.5, 0.6) is 0 Å². The number of hydrogen-bond acceptors (Lipinski definition) is 2. The number of nitrogens with zero attached hydrogens (tertiary/aromatic N) is 2. The predicted octanol–water partition coefficient (Wildman–Crippen LogP) is 5.48. The quantitative estimate of drug-likeness (QED) is 0.223. The van der Waals surface area contributed by atoms with Crippen LogP contribution in [0.1, 0.15) is 90.9 Å². The Morgan fingerprint density at radius 1 is 0.960 bits per heavy atom. The van der Waals surface area contributed by atoms with Gasteiger partial charge in [-0.2, -0.15) is 0 Å². The van der Waals surface area contributed by atoms with Crippen molar-refractivity contribution in [3.63, 3.8) is 0 Å². The molecule has 2 atom stereocenters. The van der Waals surface area contributed by atoms with E-state index in [4.69, 9.17) is 4.99 Å². The normalized spacial score (nSPS) is 23.1. The molecule has 0 aromatic heterocycles. The number of aliphatic hydroxyl groups is 1. The van der Waals surface area contributed by atoms with Gasteiger partial charge in [-0.25, -0.2) is 4.99 Å². The van der Waals surface area contributed by atoms with Gasteiger partial charge in [0.25, 0.3) is 0 Å². The molecule has 2 unspecified atom stereocenters. The number of aliphatic hydroxyl groups excluding tert-OH is 1. The van der Waals surface area contributed by atoms with E-state index in [1.165, 1.54) is 70.6 Å². The van der Waals surface area contributed by atoms with Gasteiger partial charge < -0.3 is 5.11 Å². The lowest BCUT2D eigenvalue weighted by Gasteiger charge is -2.37. The maximum atomic E-state index is 9.34. The molecule has 146 valence electrons. The molecule has 1 heterocycles. The average molecular weight is 352 g/mol. The van der Waals surface area contributed by atoms with Gasteiger partial charge in [-0.1, -0.05) is 57.6 Å². The summed E-state index contributed by atoms with van der Waals surface area (Å²) < 4.78 is 0.963. The van der Waals surface area contributed by atoms with Gasteiger partial charge in [0.1, 0.15) is 13.1 Å². The third-order valence-electron chi connectivity index (χ3n) is 5.75. The van der Waals surface area contributed by atoms with E-state index in [2.05, 4.69) is 32.2 Å². The van der Waals surface area contributed by atoms with Crippen LogP contribution in [0.4, 0.5) is 0 Å². The van der Waals surface area contributed by atoms with E-state index in [1.807, 2.05) is 0 Å². The van der Waals surface area contributed by atoms with Gasteiger partial charge in [0.15, 0.2) is 6.17 Å². The minimum absolute atomic E-state index is 0.273. The van der Waals surface area contributed by atoms with Gasteiger partial charge in [-0.3, -0.25) is 4.48 Å². The molecule has 3 heteroatoms. The van der Waals surface area contributed by atoms with E-state index < -0.39 is 0 Å². The van der Waals surface area contributed by atoms with Gasteiger partial charge in [0.2, 0.25) is 0 Å². The van der Waals surface area contributed by atoms with Crippen molar-refractivity contribution >= 4 is 6.21 Å². The number of likely N-dealkylation sites (N-methyl/N-ethyl adjacent to an activating group) is 1. The van der Waals surface area contributed by atoms with E-state index in [-0.39, 0.29) is 6.61 Å². The monoisotopic (exact) mass is 351 g/mol. The third-order valence-corrected chi connectivity index (χ3v) is 5.75. The molecule has 0 aromatic rings. The van der Waals surface area contributed by atoms with Crippen LogP contribution >= 0.6 is 0 Å². The number of rotatable bonds is 16. The number of unbranched alkanes of at least 4 members (excludes halogenated alkanes) is 9. The van der Waals surface area contributed by atoms with Crippen LogP contribution in [-0.2, 0) is 0 Å². The minimum Gasteiger partial charge on any atom is -0.391 e. The highest BCUT2D eigenvalue weighted by molar-refractivity contribution is 5.60. The van der Waals surface area contributed by atoms with Crippen molar-refractivity contribution in [2.45, 2.75) is 97.1 Å². The smallest absolute Gasteiger partial charge is 0.182 e. The molecular formula is C22H43N2O+. The third kappa shape index (κ3) is 9.01. The summed E-state index contributed by atoms with van der Waals surface area (Å²) >= 11 is 0. The summed E-state index contributed by atoms with van der Waals surface area (Å²) in [7, 11) is 0. The number of quaternary nitrogens is 1. The molecule has 0 saturated heterocycles. The summed E-state index contributed by atoms with van der Waals surface area (Å²) in [5.41, 5.74) is 0. The van der Waals surface area contributed by atoms with Gasteiger partial charge in [-0.15, -0.1) is 0 Å². The molecule has 25 heavy (non-hydrogen) atoms. The van der Waals surface area contributed by atoms with Crippen molar-refractivity contribution in [1.82, 2.24) is 0 Å². The Bertz CT molecular complexity index is 367. The molecule has 0 amide bonds. The van der Waals surface area contributed by atoms with E-state index in [9.17, 15) is 5.11 Å². The van der Waals surface area contributed by atoms with Crippen LogP contribution in [0.25, 0.3) is 0 Å². The summed E-state index contributed by atoms with van der Waals surface area (Å²) in [5.74, 6) is 0. The van der Waals surface area contributed by atoms with Crippen molar-refractivity contribution in [2.24, 2.45) is 4.99 Å². The molecule has 0 bridgehead atoms. The first-order valence-electron chi connectivity index (χ1n) is 10.9. The first kappa shape index (κ1) is 22.4. The number of hydrogen-bond donors (Lipinski definition) is 1. The van der Waals surface area contributed by atoms with E-state index in [1.54, 1.807) is 0 Å². The van der Waals surface area contributed by atoms with Gasteiger partial charge in [0.05, 0.1) is 19.4 Å². The summed E-state index contributed by atoms with van der Waals surface area (Å²) in [5, 5.41) is 9.34. The molecule has 1 rings (SSSR count). The van der Waals surface area contributed by atoms with E-state index in [0.29, 0.717) is 6.17 Å². The maximum absolute atomic E-state index is 9.34. The highest BCUT2D eigenvalue weighted by Crippen LogP contribution is 2.23. The summed E-state index contributed by atoms with van der Waals surface area (Å²) in [6.45, 7) is 7.70. The standard InChI is InChI=1S/C22H43N2O/c1-3-5-6-7-8-9-10-11-12-13-14-15-16-17-22-23-18-19-24(22,4-2)20-21-25/h12-13,18,22,25H,3-11,14-17,19-21H2,1-2H3/q+1/b13-12+. The minimum atomic E-state index is 0.273. The molecule has 1 aliphatic rings. The zero-order valence-corrected chi connectivity index (χ0v) is 17.0. The van der Waals surface area contributed by atoms with E-state index in [0.717, 1.165) is 30.5 Å². The number of allylic oxidation sites excluding steroid dienone is 2. The van der Waals surface area contributed by atoms with Crippen molar-refractivity contribution in [1.29, 1.82) is 0 Å². The molecule has 1 N–H and O–H groups in total. The second-order valence-electron chi connectivity index (χ2n) is 7.64. The Kier molecular flexibility index (Phi) is 13.0. The molecule has 0 fully saturated rings. The van der Waals surface area contributed by atoms with Gasteiger partial charge in [0, 0.05) is 6.42 Å². The Morgan fingerprint density at radius 2 is 1.60 bits per heavy atom. The van der Waals surface area contributed by atoms with Gasteiger partial charge >= 0.3 is 0 Å². The second kappa shape index (κ2) is 14.5. The van der Waals surface area contributed by atoms with E-state index >= 15 is 0 Å². The Morgan fingerprint density at radius 3 is 2.24 bits per heavy atom. The Hall–Kier alpha value is -0.670. The summed E-state index contributed by atoms with van der Waals surface area (Å²) in [6, 6.07) is 0. The van der Waals surface area contributed by atoms with Crippen molar-refractivity contribution in [3.8, 4) is 0 Å². The molecule has 1 aliphatic heterocycles. The topological polar surface area (TPSA) is 32.6 Å². The van der Waals surface area contributed by atoms with Crippen LogP contribution in [0.2, 0.25) is 0 Å². The molecule has 0 aromatic carbocycles. The lowest BCUT2D eigenvalue weighted by molar-refractivity contribution is -0.936. The van der Waals surface area contributed by atoms with Crippen molar-refractivity contribution in [2.75, 3.05) is 26.2 Å². The van der Waals surface area contributed by atoms with Crippen LogP contribution in [0.3, 0.4) is 0 Å². The fraction of sp³-hybridized carbons (Fsp3) is 0.864. The molecular weight excluding hydrogens is 308 g/mol. The van der Waals surface area contributed by atoms with Crippen molar-refractivity contribution < 1.29 is 9.59 Å². The van der Waals surface area contributed by atoms with Crippen LogP contribution in [0.15, 0.2) is 17.1 Å². The highest BCUT2D eigenvalue weighted by Gasteiger charge is 2.36. The Balaban J connectivity index is 2.00. The zero-order valence-electron chi connectivity index (χ0n) is 17.0.